The number of aryl methyl sites for hydroxylation is 2. The van der Waals surface area contributed by atoms with Gasteiger partial charge in [0.15, 0.2) is 0 Å². The van der Waals surface area contributed by atoms with Crippen LogP contribution in [0, 0.1) is 0 Å². The van der Waals surface area contributed by atoms with Crippen LogP contribution < -0.4 is 51.4 Å². The Hall–Kier alpha value is 0.246. The van der Waals surface area contributed by atoms with E-state index >= 15 is 0 Å². The second-order valence-corrected chi connectivity index (χ2v) is 12.8. The van der Waals surface area contributed by atoms with E-state index in [9.17, 15) is 13.0 Å². The predicted molar refractivity (Wildman–Crippen MR) is 163 cm³/mol. The third-order valence-corrected chi connectivity index (χ3v) is 8.87. The average Bonchev–Trinajstić information content (AvgIpc) is 2.90. The molecule has 0 bridgehead atoms. The van der Waals surface area contributed by atoms with Crippen LogP contribution in [0.4, 0.5) is 0 Å². The Morgan fingerprint density at radius 1 is 0.564 bits per heavy atom. The molecular weight excluding hydrogens is 528 g/mol. The maximum absolute atomic E-state index is 12.1. The molecule has 0 unspecified atom stereocenters. The van der Waals surface area contributed by atoms with Crippen molar-refractivity contribution in [1.29, 1.82) is 0 Å². The van der Waals surface area contributed by atoms with Crippen molar-refractivity contribution in [2.45, 2.75) is 160 Å². The Morgan fingerprint density at radius 3 is 1.46 bits per heavy atom. The van der Waals surface area contributed by atoms with Crippen molar-refractivity contribution >= 4 is 20.9 Å². The van der Waals surface area contributed by atoms with Crippen LogP contribution in [-0.4, -0.2) is 13.0 Å². The number of unbranched alkanes of at least 4 members (excludes halogenated alkanes) is 18. The van der Waals surface area contributed by atoms with E-state index in [1.54, 1.807) is 12.1 Å². The van der Waals surface area contributed by atoms with Crippen LogP contribution in [0.25, 0.3) is 10.8 Å². The predicted octanol–water partition coefficient (Wildman–Crippen LogP) is 7.67. The Labute approximate surface area is 283 Å². The van der Waals surface area contributed by atoms with E-state index < -0.39 is 10.1 Å². The first-order valence-corrected chi connectivity index (χ1v) is 17.4. The minimum Gasteiger partial charge on any atom is -0.744 e. The van der Waals surface area contributed by atoms with Gasteiger partial charge >= 0.3 is 51.4 Å². The van der Waals surface area contributed by atoms with Gasteiger partial charge in [0, 0.05) is 0 Å². The van der Waals surface area contributed by atoms with Crippen molar-refractivity contribution < 1.29 is 64.4 Å². The fourth-order valence-corrected chi connectivity index (χ4v) is 6.40. The van der Waals surface area contributed by atoms with Crippen molar-refractivity contribution in [3.05, 3.63) is 41.5 Å². The molecule has 2 rings (SSSR count). The fraction of sp³-hybridized carbons (Fsp3) is 0.706. The van der Waals surface area contributed by atoms with Gasteiger partial charge in [0.1, 0.15) is 10.1 Å². The second kappa shape index (κ2) is 22.8. The van der Waals surface area contributed by atoms with E-state index in [0.717, 1.165) is 43.1 Å². The largest absolute Gasteiger partial charge is 1.00 e. The van der Waals surface area contributed by atoms with Gasteiger partial charge in [-0.1, -0.05) is 154 Å². The van der Waals surface area contributed by atoms with E-state index in [4.69, 9.17) is 0 Å². The SMILES string of the molecule is CCCCCCCCCCCCc1cc(S(=O)(=O)[O-])c2cccc(CCCCCCCCCCCC)c2c1.[K+]. The zero-order valence-electron chi connectivity index (χ0n) is 25.6. The molecule has 0 fully saturated rings. The van der Waals surface area contributed by atoms with Crippen LogP contribution >= 0.6 is 0 Å². The van der Waals surface area contributed by atoms with Crippen LogP contribution in [0.3, 0.4) is 0 Å². The maximum Gasteiger partial charge on any atom is 1.00 e. The summed E-state index contributed by atoms with van der Waals surface area (Å²) >= 11 is 0. The number of fused-ring (bicyclic) bond motifs is 1. The van der Waals surface area contributed by atoms with Gasteiger partial charge in [-0.25, -0.2) is 8.42 Å². The Bertz CT molecular complexity index is 1000. The normalized spacial score (nSPS) is 11.7. The number of rotatable bonds is 23. The summed E-state index contributed by atoms with van der Waals surface area (Å²) in [6.45, 7) is 4.51. The molecule has 0 atom stereocenters. The molecule has 0 N–H and O–H groups in total. The van der Waals surface area contributed by atoms with Gasteiger partial charge in [0.25, 0.3) is 0 Å². The second-order valence-electron chi connectivity index (χ2n) is 11.4. The maximum atomic E-state index is 12.1. The van der Waals surface area contributed by atoms with E-state index in [2.05, 4.69) is 26.0 Å². The van der Waals surface area contributed by atoms with Crippen LogP contribution in [-0.2, 0) is 23.0 Å². The minimum atomic E-state index is -4.52. The van der Waals surface area contributed by atoms with Gasteiger partial charge in [-0.15, -0.1) is 0 Å². The zero-order valence-corrected chi connectivity index (χ0v) is 29.5. The van der Waals surface area contributed by atoms with Gasteiger partial charge in [0.2, 0.25) is 0 Å². The van der Waals surface area contributed by atoms with Gasteiger partial charge in [-0.05, 0) is 53.6 Å². The molecule has 0 amide bonds. The van der Waals surface area contributed by atoms with E-state index in [0.29, 0.717) is 5.39 Å². The molecule has 0 aliphatic rings. The van der Waals surface area contributed by atoms with Gasteiger partial charge in [-0.2, -0.15) is 0 Å². The Kier molecular flexibility index (Phi) is 21.8. The fourth-order valence-electron chi connectivity index (χ4n) is 5.66. The first-order valence-electron chi connectivity index (χ1n) is 16.0. The summed E-state index contributed by atoms with van der Waals surface area (Å²) in [6, 6.07) is 9.62. The molecule has 2 aromatic carbocycles. The van der Waals surface area contributed by atoms with Crippen molar-refractivity contribution in [3.8, 4) is 0 Å². The van der Waals surface area contributed by atoms with Crippen molar-refractivity contribution in [2.75, 3.05) is 0 Å². The molecule has 5 heteroatoms. The zero-order chi connectivity index (χ0) is 27.5. The summed E-state index contributed by atoms with van der Waals surface area (Å²) in [5.74, 6) is 0. The first-order chi connectivity index (χ1) is 18.5. The van der Waals surface area contributed by atoms with Gasteiger partial charge in [0.05, 0.1) is 4.90 Å². The summed E-state index contributed by atoms with van der Waals surface area (Å²) in [7, 11) is -4.52. The number of hydrogen-bond donors (Lipinski definition) is 0. The van der Waals surface area contributed by atoms with Crippen LogP contribution in [0.15, 0.2) is 35.2 Å². The molecule has 0 aromatic heterocycles. The molecule has 2 aromatic rings. The molecule has 0 saturated carbocycles. The van der Waals surface area contributed by atoms with Crippen LogP contribution in [0.5, 0.6) is 0 Å². The summed E-state index contributed by atoms with van der Waals surface area (Å²) in [5.41, 5.74) is 2.17. The van der Waals surface area contributed by atoms with E-state index in [-0.39, 0.29) is 56.3 Å². The van der Waals surface area contributed by atoms with Crippen molar-refractivity contribution in [2.24, 2.45) is 0 Å². The smallest absolute Gasteiger partial charge is 0.744 e. The van der Waals surface area contributed by atoms with Crippen LogP contribution in [0.2, 0.25) is 0 Å². The molecule has 216 valence electrons. The standard InChI is InChI=1S/C34H56O3S.K/c1-3-5-7-9-11-13-15-17-19-21-24-30-28-33-31(25-22-20-18-16-14-12-10-8-6-4-2)26-23-27-32(33)34(29-30)38(35,36)37;/h23,26-29H,3-22,24-25H2,1-2H3,(H,35,36,37);/q;+1/p-1. The third-order valence-electron chi connectivity index (χ3n) is 8.00. The molecule has 0 heterocycles. The Balaban J connectivity index is 0.00000760. The summed E-state index contributed by atoms with van der Waals surface area (Å²) in [5, 5.41) is 1.55. The quantitative estimate of drug-likeness (QED) is 0.0767. The van der Waals surface area contributed by atoms with E-state index in [1.807, 2.05) is 6.07 Å². The molecule has 0 spiro atoms. The van der Waals surface area contributed by atoms with Crippen molar-refractivity contribution in [1.82, 2.24) is 0 Å². The molecule has 39 heavy (non-hydrogen) atoms. The average molecular weight is 583 g/mol. The van der Waals surface area contributed by atoms with Gasteiger partial charge < -0.3 is 4.55 Å². The molecule has 3 nitrogen and oxygen atoms in total. The van der Waals surface area contributed by atoms with Crippen molar-refractivity contribution in [3.63, 3.8) is 0 Å². The number of benzene rings is 2. The number of hydrogen-bond acceptors (Lipinski definition) is 3. The van der Waals surface area contributed by atoms with Gasteiger partial charge in [-0.3, -0.25) is 0 Å². The third kappa shape index (κ3) is 15.9. The summed E-state index contributed by atoms with van der Waals surface area (Å²) < 4.78 is 36.4. The monoisotopic (exact) mass is 582 g/mol. The summed E-state index contributed by atoms with van der Waals surface area (Å²) in [6.07, 6.45) is 27.5. The topological polar surface area (TPSA) is 57.2 Å². The molecule has 0 saturated heterocycles. The Morgan fingerprint density at radius 2 is 1.00 bits per heavy atom. The molecule has 0 radical (unpaired) electrons. The molecule has 0 aliphatic carbocycles. The minimum absolute atomic E-state index is 0. The summed E-state index contributed by atoms with van der Waals surface area (Å²) in [4.78, 5) is -0.0398. The van der Waals surface area contributed by atoms with Crippen LogP contribution in [0.1, 0.15) is 153 Å². The van der Waals surface area contributed by atoms with E-state index in [1.165, 1.54) is 115 Å². The molecular formula is C34H55KO3S. The first kappa shape index (κ1) is 37.3. The molecule has 0 aliphatic heterocycles.